The van der Waals surface area contributed by atoms with Crippen LogP contribution in [0.1, 0.15) is 36.8 Å². The fourth-order valence-corrected chi connectivity index (χ4v) is 3.87. The molecule has 2 aromatic carbocycles. The molecule has 1 saturated carbocycles. The number of halogens is 3. The maximum atomic E-state index is 13.2. The van der Waals surface area contributed by atoms with Crippen molar-refractivity contribution in [3.8, 4) is 0 Å². The van der Waals surface area contributed by atoms with Gasteiger partial charge in [-0.25, -0.2) is 4.39 Å². The zero-order valence-electron chi connectivity index (χ0n) is 15.8. The highest BCUT2D eigenvalue weighted by atomic mass is 35.5. The smallest absolute Gasteiger partial charge is 0.226 e. The van der Waals surface area contributed by atoms with Gasteiger partial charge < -0.3 is 9.74 Å². The van der Waals surface area contributed by atoms with Crippen LogP contribution in [-0.2, 0) is 16.2 Å². The van der Waals surface area contributed by atoms with E-state index in [0.717, 1.165) is 36.1 Å². The summed E-state index contributed by atoms with van der Waals surface area (Å²) in [5.41, 5.74) is 2.53. The number of rotatable bonds is 6. The Labute approximate surface area is 179 Å². The number of nitrogens with zero attached hydrogens (tertiary/aromatic N) is 2. The van der Waals surface area contributed by atoms with Crippen LogP contribution in [0.3, 0.4) is 0 Å². The number of oxime groups is 1. The molecular weight excluding hydrogens is 414 g/mol. The molecule has 1 aliphatic heterocycles. The van der Waals surface area contributed by atoms with Gasteiger partial charge in [-0.2, -0.15) is 0 Å². The molecule has 2 aromatic rings. The molecule has 4 rings (SSSR count). The first-order chi connectivity index (χ1) is 14.0. The molecule has 2 aliphatic rings. The summed E-state index contributed by atoms with van der Waals surface area (Å²) < 4.78 is 13.2. The molecule has 29 heavy (non-hydrogen) atoms. The third-order valence-corrected chi connectivity index (χ3v) is 6.20. The van der Waals surface area contributed by atoms with E-state index < -0.39 is 0 Å². The highest BCUT2D eigenvalue weighted by Crippen LogP contribution is 2.30. The average Bonchev–Trinajstić information content (AvgIpc) is 3.12. The van der Waals surface area contributed by atoms with Crippen molar-refractivity contribution in [2.45, 2.75) is 38.3 Å². The molecule has 0 aromatic heterocycles. The van der Waals surface area contributed by atoms with Crippen molar-refractivity contribution in [1.29, 1.82) is 0 Å². The van der Waals surface area contributed by atoms with Crippen molar-refractivity contribution in [2.24, 2.45) is 11.1 Å². The Bertz CT molecular complexity index is 929. The lowest BCUT2D eigenvalue weighted by atomic mass is 9.84. The number of hydrogen-bond donors (Lipinski definition) is 0. The summed E-state index contributed by atoms with van der Waals surface area (Å²) in [4.78, 5) is 20.4. The quantitative estimate of drug-likeness (QED) is 0.605. The van der Waals surface area contributed by atoms with E-state index in [9.17, 15) is 9.18 Å². The van der Waals surface area contributed by atoms with Gasteiger partial charge in [0.2, 0.25) is 5.91 Å². The number of carbonyl (C=O) groups is 1. The monoisotopic (exact) mass is 434 g/mol. The van der Waals surface area contributed by atoms with E-state index in [1.807, 2.05) is 11.0 Å². The molecule has 7 heteroatoms. The molecule has 1 amide bonds. The van der Waals surface area contributed by atoms with Gasteiger partial charge in [0, 0.05) is 24.4 Å². The van der Waals surface area contributed by atoms with Crippen molar-refractivity contribution in [3.63, 3.8) is 0 Å². The Morgan fingerprint density at radius 1 is 1.14 bits per heavy atom. The minimum absolute atomic E-state index is 0.0762. The molecule has 1 unspecified atom stereocenters. The lowest BCUT2D eigenvalue weighted by Gasteiger charge is -2.32. The summed E-state index contributed by atoms with van der Waals surface area (Å²) in [7, 11) is 0. The molecule has 0 spiro atoms. The number of hydrogen-bond acceptors (Lipinski definition) is 3. The van der Waals surface area contributed by atoms with Crippen LogP contribution in [0.25, 0.3) is 0 Å². The van der Waals surface area contributed by atoms with Crippen LogP contribution in [0.5, 0.6) is 0 Å². The van der Waals surface area contributed by atoms with Gasteiger partial charge in [0.25, 0.3) is 0 Å². The van der Waals surface area contributed by atoms with E-state index in [0.29, 0.717) is 29.6 Å². The van der Waals surface area contributed by atoms with Crippen molar-refractivity contribution < 1.29 is 14.0 Å². The number of amides is 1. The normalized spacial score (nSPS) is 18.7. The van der Waals surface area contributed by atoms with Crippen molar-refractivity contribution in [2.75, 3.05) is 6.54 Å². The largest absolute Gasteiger partial charge is 0.390 e. The summed E-state index contributed by atoms with van der Waals surface area (Å²) in [5.74, 6) is -0.0797. The van der Waals surface area contributed by atoms with Crippen LogP contribution in [0, 0.1) is 11.7 Å². The Balaban J connectivity index is 1.44. The summed E-state index contributed by atoms with van der Waals surface area (Å²) in [5, 5.41) is 5.15. The topological polar surface area (TPSA) is 41.9 Å². The Morgan fingerprint density at radius 3 is 2.55 bits per heavy atom. The van der Waals surface area contributed by atoms with Gasteiger partial charge in [-0.1, -0.05) is 53.0 Å². The second-order valence-corrected chi connectivity index (χ2v) is 8.39. The third-order valence-electron chi connectivity index (χ3n) is 5.46. The summed E-state index contributed by atoms with van der Waals surface area (Å²) >= 11 is 12.1. The van der Waals surface area contributed by atoms with Gasteiger partial charge in [0.1, 0.15) is 5.82 Å². The van der Waals surface area contributed by atoms with E-state index in [-0.39, 0.29) is 23.7 Å². The molecule has 1 atom stereocenters. The second-order valence-electron chi connectivity index (χ2n) is 7.57. The van der Waals surface area contributed by atoms with Gasteiger partial charge in [-0.3, -0.25) is 4.79 Å². The van der Waals surface area contributed by atoms with Gasteiger partial charge in [0.05, 0.1) is 22.3 Å². The van der Waals surface area contributed by atoms with Crippen LogP contribution in [0.15, 0.2) is 47.6 Å². The molecule has 4 nitrogen and oxygen atoms in total. The predicted molar refractivity (Wildman–Crippen MR) is 112 cm³/mol. The molecule has 1 fully saturated rings. The molecule has 1 heterocycles. The van der Waals surface area contributed by atoms with Crippen LogP contribution in [0.2, 0.25) is 10.0 Å². The molecule has 0 radical (unpaired) electrons. The van der Waals surface area contributed by atoms with Crippen molar-refractivity contribution >= 4 is 34.8 Å². The fourth-order valence-electron chi connectivity index (χ4n) is 3.57. The first kappa shape index (κ1) is 20.2. The minimum atomic E-state index is -0.288. The molecule has 0 saturated heterocycles. The van der Waals surface area contributed by atoms with Crippen LogP contribution in [0.4, 0.5) is 4.39 Å². The van der Waals surface area contributed by atoms with Crippen LogP contribution in [-0.4, -0.2) is 29.2 Å². The third kappa shape index (κ3) is 4.73. The molecule has 152 valence electrons. The standard InChI is InChI=1S/C22H21Cl2FN2O2/c23-19-9-6-16(10-20(19)24)21-11-18(29-26-21)13-27(22(28)15-2-1-3-15)12-14-4-7-17(25)8-5-14/h4-10,15,18H,1-3,11-13H2. The second kappa shape index (κ2) is 8.72. The van der Waals surface area contributed by atoms with Gasteiger partial charge in [-0.05, 0) is 42.7 Å². The predicted octanol–water partition coefficient (Wildman–Crippen LogP) is 5.45. The van der Waals surface area contributed by atoms with Crippen LogP contribution >= 0.6 is 23.2 Å². The van der Waals surface area contributed by atoms with E-state index in [4.69, 9.17) is 28.0 Å². The fraction of sp³-hybridized carbons (Fsp3) is 0.364. The van der Waals surface area contributed by atoms with E-state index in [1.165, 1.54) is 12.1 Å². The molecule has 0 N–H and O–H groups in total. The van der Waals surface area contributed by atoms with Gasteiger partial charge in [0.15, 0.2) is 6.10 Å². The lowest BCUT2D eigenvalue weighted by molar-refractivity contribution is -0.140. The molecular formula is C22H21Cl2FN2O2. The van der Waals surface area contributed by atoms with Gasteiger partial charge in [-0.15, -0.1) is 0 Å². The zero-order chi connectivity index (χ0) is 20.4. The summed E-state index contributed by atoms with van der Waals surface area (Å²) in [6.45, 7) is 0.860. The molecule has 1 aliphatic carbocycles. The highest BCUT2D eigenvalue weighted by Gasteiger charge is 2.33. The first-order valence-electron chi connectivity index (χ1n) is 9.71. The lowest BCUT2D eigenvalue weighted by Crippen LogP contribution is -2.42. The Hall–Kier alpha value is -2.11. The van der Waals surface area contributed by atoms with Crippen molar-refractivity contribution in [1.82, 2.24) is 4.90 Å². The Morgan fingerprint density at radius 2 is 1.90 bits per heavy atom. The maximum Gasteiger partial charge on any atom is 0.226 e. The summed E-state index contributed by atoms with van der Waals surface area (Å²) in [6.07, 6.45) is 3.29. The minimum Gasteiger partial charge on any atom is -0.390 e. The van der Waals surface area contributed by atoms with Gasteiger partial charge >= 0.3 is 0 Å². The van der Waals surface area contributed by atoms with Crippen molar-refractivity contribution in [3.05, 3.63) is 69.5 Å². The first-order valence-corrected chi connectivity index (χ1v) is 10.5. The van der Waals surface area contributed by atoms with E-state index >= 15 is 0 Å². The SMILES string of the molecule is O=C(C1CCC1)N(Cc1ccc(F)cc1)CC1CC(c2ccc(Cl)c(Cl)c2)=NO1. The van der Waals surface area contributed by atoms with E-state index in [1.54, 1.807) is 24.3 Å². The number of benzene rings is 2. The highest BCUT2D eigenvalue weighted by molar-refractivity contribution is 6.42. The zero-order valence-corrected chi connectivity index (χ0v) is 17.3. The van der Waals surface area contributed by atoms with E-state index in [2.05, 4.69) is 5.16 Å². The average molecular weight is 435 g/mol. The Kier molecular flexibility index (Phi) is 6.07. The number of carbonyl (C=O) groups excluding carboxylic acids is 1. The molecule has 0 bridgehead atoms. The maximum absolute atomic E-state index is 13.2. The summed E-state index contributed by atoms with van der Waals surface area (Å²) in [6, 6.07) is 11.6. The van der Waals surface area contributed by atoms with Crippen LogP contribution < -0.4 is 0 Å².